The summed E-state index contributed by atoms with van der Waals surface area (Å²) in [7, 11) is 0. The predicted octanol–water partition coefficient (Wildman–Crippen LogP) is 0.935. The Hall–Kier alpha value is -0.120. The van der Waals surface area contributed by atoms with Crippen LogP contribution in [-0.2, 0) is 0 Å². The number of aliphatic hydroxyl groups is 1. The molecule has 0 spiro atoms. The van der Waals surface area contributed by atoms with E-state index in [2.05, 4.69) is 31.0 Å². The number of hydrogen-bond donors (Lipinski definition) is 2. The molecule has 1 fully saturated rings. The summed E-state index contributed by atoms with van der Waals surface area (Å²) in [5.41, 5.74) is 0. The van der Waals surface area contributed by atoms with Crippen molar-refractivity contribution < 1.29 is 5.11 Å². The van der Waals surface area contributed by atoms with Crippen LogP contribution in [0.25, 0.3) is 0 Å². The highest BCUT2D eigenvalue weighted by atomic mass is 16.3. The van der Waals surface area contributed by atoms with Crippen molar-refractivity contribution in [3.63, 3.8) is 0 Å². The van der Waals surface area contributed by atoms with E-state index in [0.29, 0.717) is 0 Å². The summed E-state index contributed by atoms with van der Waals surface area (Å²) in [6, 6.07) is 0.246. The second-order valence-corrected chi connectivity index (χ2v) is 4.94. The van der Waals surface area contributed by atoms with Gasteiger partial charge in [-0.1, -0.05) is 20.8 Å². The van der Waals surface area contributed by atoms with Crippen LogP contribution in [0, 0.1) is 11.8 Å². The molecule has 0 aliphatic carbocycles. The molecular formula is C12H26N2O. The van der Waals surface area contributed by atoms with E-state index in [1.807, 2.05) is 0 Å². The van der Waals surface area contributed by atoms with Gasteiger partial charge in [0.2, 0.25) is 0 Å². The highest BCUT2D eigenvalue weighted by molar-refractivity contribution is 4.78. The molecule has 0 saturated carbocycles. The minimum atomic E-state index is 0.244. The zero-order valence-corrected chi connectivity index (χ0v) is 10.4. The Morgan fingerprint density at radius 2 is 2.13 bits per heavy atom. The van der Waals surface area contributed by atoms with Gasteiger partial charge < -0.3 is 15.3 Å². The maximum Gasteiger partial charge on any atom is 0.0597 e. The van der Waals surface area contributed by atoms with Crippen molar-refractivity contribution in [2.45, 2.75) is 33.2 Å². The number of hydrogen-bond acceptors (Lipinski definition) is 3. The van der Waals surface area contributed by atoms with Gasteiger partial charge in [0, 0.05) is 19.1 Å². The van der Waals surface area contributed by atoms with Crippen LogP contribution in [0.2, 0.25) is 0 Å². The normalized spacial score (nSPS) is 30.4. The Morgan fingerprint density at radius 1 is 1.40 bits per heavy atom. The third-order valence-corrected chi connectivity index (χ3v) is 3.61. The van der Waals surface area contributed by atoms with Gasteiger partial charge >= 0.3 is 0 Å². The molecule has 0 aromatic rings. The van der Waals surface area contributed by atoms with Gasteiger partial charge in [0.25, 0.3) is 0 Å². The fraction of sp³-hybridized carbons (Fsp3) is 1.00. The number of likely N-dealkylation sites (tertiary alicyclic amines) is 1. The van der Waals surface area contributed by atoms with Gasteiger partial charge in [-0.3, -0.25) is 0 Å². The Kier molecular flexibility index (Phi) is 5.58. The van der Waals surface area contributed by atoms with Crippen molar-refractivity contribution >= 4 is 0 Å². The average molecular weight is 214 g/mol. The quantitative estimate of drug-likeness (QED) is 0.715. The highest BCUT2D eigenvalue weighted by Crippen LogP contribution is 2.22. The number of rotatable bonds is 5. The SMILES string of the molecule is CCNC(CO)CN1CCC(C)C(C)C1. The van der Waals surface area contributed by atoms with Crippen molar-refractivity contribution in [3.8, 4) is 0 Å². The van der Waals surface area contributed by atoms with Gasteiger partial charge in [0.05, 0.1) is 6.61 Å². The summed E-state index contributed by atoms with van der Waals surface area (Å²) in [5, 5.41) is 12.5. The lowest BCUT2D eigenvalue weighted by molar-refractivity contribution is 0.112. The molecule has 1 aliphatic rings. The molecular weight excluding hydrogens is 188 g/mol. The zero-order chi connectivity index (χ0) is 11.3. The van der Waals surface area contributed by atoms with Crippen molar-refractivity contribution in [1.29, 1.82) is 0 Å². The molecule has 3 heteroatoms. The second-order valence-electron chi connectivity index (χ2n) is 4.94. The van der Waals surface area contributed by atoms with E-state index in [4.69, 9.17) is 0 Å². The number of nitrogens with one attached hydrogen (secondary N) is 1. The fourth-order valence-corrected chi connectivity index (χ4v) is 2.30. The standard InChI is InChI=1S/C12H26N2O/c1-4-13-12(9-15)8-14-6-5-10(2)11(3)7-14/h10-13,15H,4-9H2,1-3H3. The van der Waals surface area contributed by atoms with Gasteiger partial charge in [-0.15, -0.1) is 0 Å². The molecule has 0 radical (unpaired) electrons. The van der Waals surface area contributed by atoms with E-state index in [1.165, 1.54) is 19.5 Å². The Labute approximate surface area is 93.9 Å². The van der Waals surface area contributed by atoms with Crippen LogP contribution >= 0.6 is 0 Å². The van der Waals surface area contributed by atoms with Gasteiger partial charge in [-0.25, -0.2) is 0 Å². The summed E-state index contributed by atoms with van der Waals surface area (Å²) in [4.78, 5) is 2.48. The van der Waals surface area contributed by atoms with Crippen LogP contribution in [0.5, 0.6) is 0 Å². The first kappa shape index (κ1) is 12.9. The topological polar surface area (TPSA) is 35.5 Å². The third kappa shape index (κ3) is 4.09. The molecule has 2 N–H and O–H groups in total. The molecule has 1 rings (SSSR count). The minimum absolute atomic E-state index is 0.244. The highest BCUT2D eigenvalue weighted by Gasteiger charge is 2.23. The van der Waals surface area contributed by atoms with Crippen molar-refractivity contribution in [2.24, 2.45) is 11.8 Å². The molecule has 0 bridgehead atoms. The van der Waals surface area contributed by atoms with Gasteiger partial charge in [0.15, 0.2) is 0 Å². The third-order valence-electron chi connectivity index (χ3n) is 3.61. The van der Waals surface area contributed by atoms with E-state index < -0.39 is 0 Å². The van der Waals surface area contributed by atoms with Crippen LogP contribution in [-0.4, -0.2) is 48.8 Å². The molecule has 3 nitrogen and oxygen atoms in total. The van der Waals surface area contributed by atoms with E-state index in [1.54, 1.807) is 0 Å². The fourth-order valence-electron chi connectivity index (χ4n) is 2.30. The van der Waals surface area contributed by atoms with Gasteiger partial charge in [-0.2, -0.15) is 0 Å². The van der Waals surface area contributed by atoms with E-state index in [0.717, 1.165) is 24.9 Å². The summed E-state index contributed by atoms with van der Waals surface area (Å²) in [5.74, 6) is 1.65. The monoisotopic (exact) mass is 214 g/mol. The Morgan fingerprint density at radius 3 is 2.67 bits per heavy atom. The molecule has 0 aromatic heterocycles. The van der Waals surface area contributed by atoms with Crippen molar-refractivity contribution in [3.05, 3.63) is 0 Å². The molecule has 1 heterocycles. The second kappa shape index (κ2) is 6.46. The van der Waals surface area contributed by atoms with Crippen molar-refractivity contribution in [1.82, 2.24) is 10.2 Å². The van der Waals surface area contributed by atoms with Crippen LogP contribution in [0.1, 0.15) is 27.2 Å². The Bertz CT molecular complexity index is 175. The first-order chi connectivity index (χ1) is 7.17. The van der Waals surface area contributed by atoms with Crippen LogP contribution in [0.4, 0.5) is 0 Å². The zero-order valence-electron chi connectivity index (χ0n) is 10.4. The lowest BCUT2D eigenvalue weighted by Gasteiger charge is -2.37. The Balaban J connectivity index is 2.31. The predicted molar refractivity (Wildman–Crippen MR) is 63.9 cm³/mol. The van der Waals surface area contributed by atoms with Gasteiger partial charge in [-0.05, 0) is 31.3 Å². The molecule has 3 atom stereocenters. The molecule has 1 aliphatic heterocycles. The maximum atomic E-state index is 9.22. The minimum Gasteiger partial charge on any atom is -0.395 e. The molecule has 3 unspecified atom stereocenters. The van der Waals surface area contributed by atoms with E-state index >= 15 is 0 Å². The smallest absolute Gasteiger partial charge is 0.0597 e. The average Bonchev–Trinajstić information content (AvgIpc) is 2.23. The lowest BCUT2D eigenvalue weighted by atomic mass is 9.88. The first-order valence-electron chi connectivity index (χ1n) is 6.24. The van der Waals surface area contributed by atoms with Gasteiger partial charge in [0.1, 0.15) is 0 Å². The van der Waals surface area contributed by atoms with E-state index in [-0.39, 0.29) is 12.6 Å². The largest absolute Gasteiger partial charge is 0.395 e. The summed E-state index contributed by atoms with van der Waals surface area (Å²) < 4.78 is 0. The molecule has 15 heavy (non-hydrogen) atoms. The lowest BCUT2D eigenvalue weighted by Crippen LogP contribution is -2.47. The first-order valence-corrected chi connectivity index (χ1v) is 6.24. The maximum absolute atomic E-state index is 9.22. The molecule has 0 amide bonds. The van der Waals surface area contributed by atoms with Crippen molar-refractivity contribution in [2.75, 3.05) is 32.8 Å². The van der Waals surface area contributed by atoms with Crippen LogP contribution in [0.15, 0.2) is 0 Å². The number of aliphatic hydroxyl groups excluding tert-OH is 1. The summed E-state index contributed by atoms with van der Waals surface area (Å²) in [6.07, 6.45) is 1.30. The molecule has 0 aromatic carbocycles. The van der Waals surface area contributed by atoms with Crippen LogP contribution in [0.3, 0.4) is 0 Å². The van der Waals surface area contributed by atoms with Crippen LogP contribution < -0.4 is 5.32 Å². The molecule has 1 saturated heterocycles. The summed E-state index contributed by atoms with van der Waals surface area (Å²) >= 11 is 0. The summed E-state index contributed by atoms with van der Waals surface area (Å²) in [6.45, 7) is 11.3. The number of nitrogens with zero attached hydrogens (tertiary/aromatic N) is 1. The molecule has 90 valence electrons. The number of likely N-dealkylation sites (N-methyl/N-ethyl adjacent to an activating group) is 1. The number of piperidine rings is 1. The van der Waals surface area contributed by atoms with E-state index in [9.17, 15) is 5.11 Å².